The van der Waals surface area contributed by atoms with E-state index in [0.717, 1.165) is 16.7 Å². The number of phenolic OH excluding ortho intramolecular Hbond substituents is 1. The molecule has 0 atom stereocenters. The minimum atomic E-state index is -0.508. The van der Waals surface area contributed by atoms with Gasteiger partial charge < -0.3 is 10.4 Å². The molecule has 8 heteroatoms. The third-order valence-corrected chi connectivity index (χ3v) is 5.27. The summed E-state index contributed by atoms with van der Waals surface area (Å²) in [7, 11) is 0. The highest BCUT2D eigenvalue weighted by Crippen LogP contribution is 2.32. The standard InChI is InChI=1S/C18H13IN2O4S/c19-13-8-11(6-7-14(13)22)9-15-17(24)21(18(25)26-15)10-16(23)20-12-4-2-1-3-5-12/h1-9,22H,10H2,(H,20,23)/b15-9-. The van der Waals surface area contributed by atoms with Crippen molar-refractivity contribution in [2.75, 3.05) is 11.9 Å². The maximum Gasteiger partial charge on any atom is 0.294 e. The number of phenols is 1. The Hall–Kier alpha value is -2.33. The second-order valence-electron chi connectivity index (χ2n) is 5.39. The maximum absolute atomic E-state index is 12.4. The van der Waals surface area contributed by atoms with Crippen molar-refractivity contribution in [2.45, 2.75) is 0 Å². The largest absolute Gasteiger partial charge is 0.507 e. The molecule has 0 aliphatic carbocycles. The molecule has 6 nitrogen and oxygen atoms in total. The van der Waals surface area contributed by atoms with E-state index in [-0.39, 0.29) is 17.2 Å². The van der Waals surface area contributed by atoms with Crippen LogP contribution in [0.4, 0.5) is 10.5 Å². The number of imide groups is 1. The first-order valence-electron chi connectivity index (χ1n) is 7.53. The molecule has 1 aliphatic heterocycles. The summed E-state index contributed by atoms with van der Waals surface area (Å²) in [6, 6.07) is 13.7. The lowest BCUT2D eigenvalue weighted by Crippen LogP contribution is -2.36. The van der Waals surface area contributed by atoms with E-state index >= 15 is 0 Å². The van der Waals surface area contributed by atoms with Gasteiger partial charge in [0.1, 0.15) is 12.3 Å². The first kappa shape index (κ1) is 18.5. The number of hydrogen-bond donors (Lipinski definition) is 2. The lowest BCUT2D eigenvalue weighted by Gasteiger charge is -2.12. The molecule has 3 amide bonds. The summed E-state index contributed by atoms with van der Waals surface area (Å²) in [5, 5.41) is 11.7. The highest BCUT2D eigenvalue weighted by Gasteiger charge is 2.36. The van der Waals surface area contributed by atoms with Crippen LogP contribution in [0.5, 0.6) is 5.75 Å². The molecule has 132 valence electrons. The van der Waals surface area contributed by atoms with E-state index in [1.165, 1.54) is 6.07 Å². The molecule has 26 heavy (non-hydrogen) atoms. The van der Waals surface area contributed by atoms with Crippen molar-refractivity contribution in [3.05, 3.63) is 62.6 Å². The number of hydrogen-bond acceptors (Lipinski definition) is 5. The van der Waals surface area contributed by atoms with Crippen molar-refractivity contribution in [1.29, 1.82) is 0 Å². The second kappa shape index (κ2) is 7.92. The molecule has 1 fully saturated rings. The fraction of sp³-hybridized carbons (Fsp3) is 0.0556. The van der Waals surface area contributed by atoms with Gasteiger partial charge in [0.05, 0.1) is 8.48 Å². The van der Waals surface area contributed by atoms with Crippen LogP contribution < -0.4 is 5.32 Å². The molecule has 3 rings (SSSR count). The zero-order valence-corrected chi connectivity index (χ0v) is 16.3. The lowest BCUT2D eigenvalue weighted by molar-refractivity contribution is -0.127. The van der Waals surface area contributed by atoms with Gasteiger partial charge in [-0.1, -0.05) is 24.3 Å². The summed E-state index contributed by atoms with van der Waals surface area (Å²) >= 11 is 2.76. The van der Waals surface area contributed by atoms with Gasteiger partial charge in [-0.25, -0.2) is 0 Å². The first-order chi connectivity index (χ1) is 12.4. The van der Waals surface area contributed by atoms with E-state index in [2.05, 4.69) is 5.32 Å². The Morgan fingerprint density at radius 2 is 1.92 bits per heavy atom. The van der Waals surface area contributed by atoms with Gasteiger partial charge in [-0.3, -0.25) is 19.3 Å². The van der Waals surface area contributed by atoms with Gasteiger partial charge in [0.15, 0.2) is 0 Å². The van der Waals surface area contributed by atoms with Crippen LogP contribution in [0.3, 0.4) is 0 Å². The van der Waals surface area contributed by atoms with Crippen molar-refractivity contribution in [2.24, 2.45) is 0 Å². The number of para-hydroxylation sites is 1. The van der Waals surface area contributed by atoms with Crippen LogP contribution in [-0.4, -0.2) is 33.6 Å². The molecule has 0 bridgehead atoms. The van der Waals surface area contributed by atoms with Gasteiger partial charge in [0.25, 0.3) is 11.1 Å². The van der Waals surface area contributed by atoms with E-state index in [1.807, 2.05) is 28.7 Å². The molecule has 1 heterocycles. The third kappa shape index (κ3) is 4.25. The van der Waals surface area contributed by atoms with Gasteiger partial charge in [-0.15, -0.1) is 0 Å². The molecule has 1 aliphatic rings. The van der Waals surface area contributed by atoms with Crippen LogP contribution in [0.15, 0.2) is 53.4 Å². The number of anilines is 1. The SMILES string of the molecule is O=C(CN1C(=O)S/C(=C\c2ccc(O)c(I)c2)C1=O)Nc1ccccc1. The van der Waals surface area contributed by atoms with E-state index in [4.69, 9.17) is 0 Å². The molecule has 0 spiro atoms. The fourth-order valence-corrected chi connectivity index (χ4v) is 3.64. The van der Waals surface area contributed by atoms with Crippen LogP contribution in [0.1, 0.15) is 5.56 Å². The number of aromatic hydroxyl groups is 1. The minimum Gasteiger partial charge on any atom is -0.507 e. The molecular weight excluding hydrogens is 467 g/mol. The zero-order valence-electron chi connectivity index (χ0n) is 13.3. The number of amides is 3. The summed E-state index contributed by atoms with van der Waals surface area (Å²) in [6.07, 6.45) is 1.57. The van der Waals surface area contributed by atoms with E-state index in [0.29, 0.717) is 14.8 Å². The van der Waals surface area contributed by atoms with Gasteiger partial charge in [-0.2, -0.15) is 0 Å². The van der Waals surface area contributed by atoms with Crippen molar-refractivity contribution in [3.63, 3.8) is 0 Å². The van der Waals surface area contributed by atoms with Gasteiger partial charge >= 0.3 is 0 Å². The number of nitrogens with zero attached hydrogens (tertiary/aromatic N) is 1. The molecule has 2 aromatic carbocycles. The Labute approximate surface area is 167 Å². The van der Waals surface area contributed by atoms with Gasteiger partial charge in [0.2, 0.25) is 5.91 Å². The average Bonchev–Trinajstić information content (AvgIpc) is 2.86. The first-order valence-corrected chi connectivity index (χ1v) is 9.42. The fourth-order valence-electron chi connectivity index (χ4n) is 2.27. The summed E-state index contributed by atoms with van der Waals surface area (Å²) < 4.78 is 0.637. The number of carbonyl (C=O) groups is 3. The molecule has 0 radical (unpaired) electrons. The smallest absolute Gasteiger partial charge is 0.294 e. The summed E-state index contributed by atoms with van der Waals surface area (Å²) in [6.45, 7) is -0.343. The number of rotatable bonds is 4. The molecule has 2 aromatic rings. The predicted octanol–water partition coefficient (Wildman–Crippen LogP) is 3.67. The molecule has 0 saturated carbocycles. The van der Waals surface area contributed by atoms with Crippen molar-refractivity contribution in [1.82, 2.24) is 4.90 Å². The van der Waals surface area contributed by atoms with Crippen molar-refractivity contribution < 1.29 is 19.5 Å². The highest BCUT2D eigenvalue weighted by molar-refractivity contribution is 14.1. The number of nitrogens with one attached hydrogen (secondary N) is 1. The Kier molecular flexibility index (Phi) is 5.62. The summed E-state index contributed by atoms with van der Waals surface area (Å²) in [5.41, 5.74) is 1.28. The Bertz CT molecular complexity index is 915. The molecular formula is C18H13IN2O4S. The van der Waals surface area contributed by atoms with Gasteiger partial charge in [-0.05, 0) is 70.3 Å². The molecule has 0 unspecified atom stereocenters. The van der Waals surface area contributed by atoms with Crippen LogP contribution >= 0.6 is 34.4 Å². The van der Waals surface area contributed by atoms with Crippen LogP contribution in [0.2, 0.25) is 0 Å². The maximum atomic E-state index is 12.4. The molecule has 2 N–H and O–H groups in total. The quantitative estimate of drug-likeness (QED) is 0.516. The normalized spacial score (nSPS) is 15.6. The van der Waals surface area contributed by atoms with E-state index in [1.54, 1.807) is 42.5 Å². The van der Waals surface area contributed by atoms with Crippen molar-refractivity contribution >= 4 is 63.2 Å². The zero-order chi connectivity index (χ0) is 18.7. The number of thioether (sulfide) groups is 1. The monoisotopic (exact) mass is 480 g/mol. The van der Waals surface area contributed by atoms with E-state index < -0.39 is 17.1 Å². The van der Waals surface area contributed by atoms with Gasteiger partial charge in [0, 0.05) is 5.69 Å². The molecule has 1 saturated heterocycles. The Balaban J connectivity index is 1.71. The topological polar surface area (TPSA) is 86.7 Å². The third-order valence-electron chi connectivity index (χ3n) is 3.50. The van der Waals surface area contributed by atoms with Crippen LogP contribution in [0.25, 0.3) is 6.08 Å². The van der Waals surface area contributed by atoms with E-state index in [9.17, 15) is 19.5 Å². The Morgan fingerprint density at radius 1 is 1.19 bits per heavy atom. The minimum absolute atomic E-state index is 0.147. The van der Waals surface area contributed by atoms with Crippen LogP contribution in [-0.2, 0) is 9.59 Å². The predicted molar refractivity (Wildman–Crippen MR) is 109 cm³/mol. The average molecular weight is 480 g/mol. The summed E-state index contributed by atoms with van der Waals surface area (Å²) in [4.78, 5) is 37.8. The Morgan fingerprint density at radius 3 is 2.62 bits per heavy atom. The van der Waals surface area contributed by atoms with Crippen LogP contribution in [0, 0.1) is 3.57 Å². The number of benzene rings is 2. The molecule has 0 aromatic heterocycles. The highest BCUT2D eigenvalue weighted by atomic mass is 127. The number of halogens is 1. The summed E-state index contributed by atoms with van der Waals surface area (Å²) in [5.74, 6) is -0.807. The lowest BCUT2D eigenvalue weighted by atomic mass is 10.2. The number of carbonyl (C=O) groups excluding carboxylic acids is 3. The second-order valence-corrected chi connectivity index (χ2v) is 7.55. The van der Waals surface area contributed by atoms with Crippen molar-refractivity contribution in [3.8, 4) is 5.75 Å².